The largest absolute Gasteiger partial charge is 0.347 e. The van der Waals surface area contributed by atoms with E-state index in [0.717, 1.165) is 6.29 Å². The molecule has 4 nitrogen and oxygen atoms in total. The lowest BCUT2D eigenvalue weighted by atomic mass is 10.1. The van der Waals surface area contributed by atoms with Gasteiger partial charge in [0, 0.05) is 13.3 Å². The van der Waals surface area contributed by atoms with Gasteiger partial charge in [-0.2, -0.15) is 0 Å². The van der Waals surface area contributed by atoms with Gasteiger partial charge in [0.25, 0.3) is 0 Å². The average molecular weight is 171 g/mol. The van der Waals surface area contributed by atoms with Crippen molar-refractivity contribution in [2.45, 2.75) is 32.2 Å². The van der Waals surface area contributed by atoms with Crippen molar-refractivity contribution in [3.8, 4) is 0 Å². The highest BCUT2D eigenvalue weighted by Crippen LogP contribution is 1.96. The number of amides is 1. The average Bonchev–Trinajstić information content (AvgIpc) is 2.02. The monoisotopic (exact) mass is 171 g/mol. The zero-order chi connectivity index (χ0) is 9.40. The van der Waals surface area contributed by atoms with Crippen LogP contribution in [0.15, 0.2) is 0 Å². The number of carbonyl (C=O) groups excluding carboxylic acids is 3. The summed E-state index contributed by atoms with van der Waals surface area (Å²) in [7, 11) is 0. The van der Waals surface area contributed by atoms with Crippen LogP contribution in [0.25, 0.3) is 0 Å². The lowest BCUT2D eigenvalue weighted by Gasteiger charge is -2.08. The summed E-state index contributed by atoms with van der Waals surface area (Å²) < 4.78 is 0. The Hall–Kier alpha value is -1.19. The van der Waals surface area contributed by atoms with Crippen LogP contribution >= 0.6 is 0 Å². The highest BCUT2D eigenvalue weighted by atomic mass is 16.2. The molecule has 0 aliphatic carbocycles. The molecule has 68 valence electrons. The molecule has 0 saturated carbocycles. The van der Waals surface area contributed by atoms with Crippen molar-refractivity contribution < 1.29 is 14.4 Å². The van der Waals surface area contributed by atoms with Crippen LogP contribution in [0.4, 0.5) is 0 Å². The number of hydrogen-bond donors (Lipinski definition) is 1. The first-order chi connectivity index (χ1) is 5.70. The third kappa shape index (κ3) is 5.58. The zero-order valence-corrected chi connectivity index (χ0v) is 7.08. The van der Waals surface area contributed by atoms with Crippen LogP contribution in [-0.2, 0) is 14.4 Å². The normalized spacial score (nSPS) is 11.8. The maximum absolute atomic E-state index is 10.5. The predicted molar refractivity (Wildman–Crippen MR) is 43.6 cm³/mol. The first-order valence-corrected chi connectivity index (χ1v) is 3.86. The van der Waals surface area contributed by atoms with Crippen LogP contribution in [0.5, 0.6) is 0 Å². The minimum atomic E-state index is -0.442. The second kappa shape index (κ2) is 6.52. The third-order valence-electron chi connectivity index (χ3n) is 1.39. The lowest BCUT2D eigenvalue weighted by molar-refractivity contribution is -0.122. The maximum atomic E-state index is 10.5. The van der Waals surface area contributed by atoms with Crippen LogP contribution in [-0.4, -0.2) is 24.5 Å². The molecule has 1 atom stereocenters. The first kappa shape index (κ1) is 10.8. The lowest BCUT2D eigenvalue weighted by Crippen LogP contribution is -2.34. The SMILES string of the molecule is CC(=O)NC(C=O)CCCC=O. The third-order valence-corrected chi connectivity index (χ3v) is 1.39. The molecule has 0 fully saturated rings. The molecule has 0 aliphatic rings. The molecule has 0 aliphatic heterocycles. The summed E-state index contributed by atoms with van der Waals surface area (Å²) in [4.78, 5) is 30.8. The molecule has 12 heavy (non-hydrogen) atoms. The van der Waals surface area contributed by atoms with Gasteiger partial charge in [0.15, 0.2) is 0 Å². The highest BCUT2D eigenvalue weighted by molar-refractivity contribution is 5.77. The van der Waals surface area contributed by atoms with Crippen molar-refractivity contribution >= 4 is 18.5 Å². The molecule has 1 amide bonds. The smallest absolute Gasteiger partial charge is 0.217 e. The van der Waals surface area contributed by atoms with E-state index in [-0.39, 0.29) is 5.91 Å². The fourth-order valence-electron chi connectivity index (χ4n) is 0.856. The van der Waals surface area contributed by atoms with E-state index in [1.165, 1.54) is 6.92 Å². The van der Waals surface area contributed by atoms with E-state index in [1.54, 1.807) is 0 Å². The van der Waals surface area contributed by atoms with Crippen LogP contribution in [0.1, 0.15) is 26.2 Å². The van der Waals surface area contributed by atoms with Crippen molar-refractivity contribution in [3.63, 3.8) is 0 Å². The Bertz CT molecular complexity index is 168. The Morgan fingerprint density at radius 1 is 1.50 bits per heavy atom. The van der Waals surface area contributed by atoms with Crippen LogP contribution < -0.4 is 5.32 Å². The minimum absolute atomic E-state index is 0.224. The van der Waals surface area contributed by atoms with Crippen LogP contribution in [0, 0.1) is 0 Å². The molecule has 0 aromatic rings. The fraction of sp³-hybridized carbons (Fsp3) is 0.625. The molecular weight excluding hydrogens is 158 g/mol. The van der Waals surface area contributed by atoms with Gasteiger partial charge in [0.1, 0.15) is 12.6 Å². The summed E-state index contributed by atoms with van der Waals surface area (Å²) in [6.45, 7) is 1.36. The van der Waals surface area contributed by atoms with E-state index in [1.807, 2.05) is 0 Å². The van der Waals surface area contributed by atoms with Gasteiger partial charge in [-0.3, -0.25) is 4.79 Å². The number of aldehydes is 2. The molecule has 1 unspecified atom stereocenters. The van der Waals surface area contributed by atoms with Crippen LogP contribution in [0.2, 0.25) is 0 Å². The summed E-state index contributed by atoms with van der Waals surface area (Å²) in [5.41, 5.74) is 0. The van der Waals surface area contributed by atoms with Crippen molar-refractivity contribution in [2.24, 2.45) is 0 Å². The quantitative estimate of drug-likeness (QED) is 0.454. The van der Waals surface area contributed by atoms with Gasteiger partial charge in [-0.15, -0.1) is 0 Å². The first-order valence-electron chi connectivity index (χ1n) is 3.86. The molecule has 0 rings (SSSR count). The molecule has 0 spiro atoms. The second-order valence-corrected chi connectivity index (χ2v) is 2.54. The van der Waals surface area contributed by atoms with E-state index >= 15 is 0 Å². The molecule has 0 aromatic carbocycles. The summed E-state index contributed by atoms with van der Waals surface area (Å²) in [5, 5.41) is 2.47. The van der Waals surface area contributed by atoms with Gasteiger partial charge in [-0.25, -0.2) is 0 Å². The van der Waals surface area contributed by atoms with E-state index in [2.05, 4.69) is 5.32 Å². The Kier molecular flexibility index (Phi) is 5.87. The molecule has 0 heterocycles. The number of hydrogen-bond acceptors (Lipinski definition) is 3. The molecule has 0 bridgehead atoms. The minimum Gasteiger partial charge on any atom is -0.347 e. The number of nitrogens with one attached hydrogen (secondary N) is 1. The van der Waals surface area contributed by atoms with Gasteiger partial charge in [-0.05, 0) is 12.8 Å². The topological polar surface area (TPSA) is 63.2 Å². The van der Waals surface area contributed by atoms with Crippen molar-refractivity contribution in [3.05, 3.63) is 0 Å². The van der Waals surface area contributed by atoms with E-state index in [9.17, 15) is 14.4 Å². The van der Waals surface area contributed by atoms with Gasteiger partial charge >= 0.3 is 0 Å². The number of rotatable bonds is 6. The molecule has 0 aromatic heterocycles. The Balaban J connectivity index is 3.59. The van der Waals surface area contributed by atoms with E-state index in [0.29, 0.717) is 25.5 Å². The van der Waals surface area contributed by atoms with Crippen molar-refractivity contribution in [1.82, 2.24) is 5.32 Å². The maximum Gasteiger partial charge on any atom is 0.217 e. The Morgan fingerprint density at radius 3 is 2.58 bits per heavy atom. The molecule has 0 saturated heterocycles. The van der Waals surface area contributed by atoms with Gasteiger partial charge in [0.2, 0.25) is 5.91 Å². The molecule has 0 radical (unpaired) electrons. The second-order valence-electron chi connectivity index (χ2n) is 2.54. The van der Waals surface area contributed by atoms with Crippen molar-refractivity contribution in [1.29, 1.82) is 0 Å². The highest BCUT2D eigenvalue weighted by Gasteiger charge is 2.06. The molecule has 4 heteroatoms. The summed E-state index contributed by atoms with van der Waals surface area (Å²) in [6, 6.07) is -0.442. The summed E-state index contributed by atoms with van der Waals surface area (Å²) in [6.07, 6.45) is 3.08. The van der Waals surface area contributed by atoms with Gasteiger partial charge in [-0.1, -0.05) is 0 Å². The van der Waals surface area contributed by atoms with Gasteiger partial charge < -0.3 is 14.9 Å². The number of carbonyl (C=O) groups is 3. The van der Waals surface area contributed by atoms with Crippen molar-refractivity contribution in [2.75, 3.05) is 0 Å². The molecular formula is C8H13NO3. The van der Waals surface area contributed by atoms with Gasteiger partial charge in [0.05, 0.1) is 6.04 Å². The zero-order valence-electron chi connectivity index (χ0n) is 7.08. The summed E-state index contributed by atoms with van der Waals surface area (Å²) in [5.74, 6) is -0.224. The predicted octanol–water partition coefficient (Wildman–Crippen LogP) is 0.0592. The number of unbranched alkanes of at least 4 members (excludes halogenated alkanes) is 1. The fourth-order valence-corrected chi connectivity index (χ4v) is 0.856. The molecule has 1 N–H and O–H groups in total. The van der Waals surface area contributed by atoms with E-state index < -0.39 is 6.04 Å². The van der Waals surface area contributed by atoms with E-state index in [4.69, 9.17) is 0 Å². The Morgan fingerprint density at radius 2 is 2.17 bits per heavy atom. The summed E-state index contributed by atoms with van der Waals surface area (Å²) >= 11 is 0. The Labute approximate surface area is 71.3 Å². The standard InChI is InChI=1S/C8H13NO3/c1-7(12)9-8(6-11)4-2-3-5-10/h5-6,8H,2-4H2,1H3,(H,9,12). The van der Waals surface area contributed by atoms with Crippen LogP contribution in [0.3, 0.4) is 0 Å².